The first-order chi connectivity index (χ1) is 8.67. The SMILES string of the molecule is Cc1c(NC(=O)C(F)(F)C(F)F)cccc1[N+](=O)[O-]. The molecule has 1 aromatic carbocycles. The highest BCUT2D eigenvalue weighted by molar-refractivity contribution is 5.97. The zero-order chi connectivity index (χ0) is 14.8. The number of carbonyl (C=O) groups is 1. The van der Waals surface area contributed by atoms with Crippen LogP contribution in [0, 0.1) is 17.0 Å². The molecule has 5 nitrogen and oxygen atoms in total. The van der Waals surface area contributed by atoms with Gasteiger partial charge >= 0.3 is 18.3 Å². The molecule has 0 aromatic heterocycles. The molecule has 0 unspecified atom stereocenters. The molecule has 1 N–H and O–H groups in total. The van der Waals surface area contributed by atoms with Gasteiger partial charge in [0, 0.05) is 6.07 Å². The average Bonchev–Trinajstić information content (AvgIpc) is 2.30. The van der Waals surface area contributed by atoms with Crippen LogP contribution in [0.15, 0.2) is 18.2 Å². The van der Waals surface area contributed by atoms with Crippen LogP contribution in [-0.4, -0.2) is 23.2 Å². The number of anilines is 1. The predicted octanol–water partition coefficient (Wildman–Crippen LogP) is 2.74. The van der Waals surface area contributed by atoms with Gasteiger partial charge in [-0.2, -0.15) is 8.78 Å². The molecule has 1 aromatic rings. The molecule has 0 spiro atoms. The number of nitrogens with one attached hydrogen (secondary N) is 1. The molecule has 0 saturated carbocycles. The first-order valence-corrected chi connectivity index (χ1v) is 4.89. The first-order valence-electron chi connectivity index (χ1n) is 4.89. The van der Waals surface area contributed by atoms with Crippen LogP contribution in [0.4, 0.5) is 28.9 Å². The lowest BCUT2D eigenvalue weighted by atomic mass is 10.1. The predicted molar refractivity (Wildman–Crippen MR) is 57.4 cm³/mol. The quantitative estimate of drug-likeness (QED) is 0.523. The number of hydrogen-bond donors (Lipinski definition) is 1. The summed E-state index contributed by atoms with van der Waals surface area (Å²) >= 11 is 0. The van der Waals surface area contributed by atoms with Crippen LogP contribution in [0.3, 0.4) is 0 Å². The molecule has 1 amide bonds. The van der Waals surface area contributed by atoms with E-state index in [2.05, 4.69) is 0 Å². The maximum atomic E-state index is 12.7. The topological polar surface area (TPSA) is 72.2 Å². The highest BCUT2D eigenvalue weighted by Gasteiger charge is 2.49. The van der Waals surface area contributed by atoms with Gasteiger partial charge in [-0.1, -0.05) is 6.07 Å². The van der Waals surface area contributed by atoms with Crippen molar-refractivity contribution in [2.75, 3.05) is 5.32 Å². The molecule has 0 radical (unpaired) electrons. The number of rotatable bonds is 4. The average molecular weight is 280 g/mol. The number of benzene rings is 1. The van der Waals surface area contributed by atoms with Crippen LogP contribution in [0.2, 0.25) is 0 Å². The third-order valence-corrected chi connectivity index (χ3v) is 2.33. The zero-order valence-electron chi connectivity index (χ0n) is 9.49. The van der Waals surface area contributed by atoms with E-state index >= 15 is 0 Å². The van der Waals surface area contributed by atoms with Crippen LogP contribution in [0.5, 0.6) is 0 Å². The Labute approximate surface area is 104 Å². The lowest BCUT2D eigenvalue weighted by Crippen LogP contribution is -2.41. The van der Waals surface area contributed by atoms with E-state index in [4.69, 9.17) is 0 Å². The van der Waals surface area contributed by atoms with Crippen LogP contribution in [0.1, 0.15) is 5.56 Å². The summed E-state index contributed by atoms with van der Waals surface area (Å²) in [7, 11) is 0. The molecule has 0 aliphatic heterocycles. The Kier molecular flexibility index (Phi) is 4.07. The first kappa shape index (κ1) is 14.9. The molecular weight excluding hydrogens is 272 g/mol. The largest absolute Gasteiger partial charge is 0.383 e. The van der Waals surface area contributed by atoms with Crippen molar-refractivity contribution < 1.29 is 27.3 Å². The number of hydrogen-bond acceptors (Lipinski definition) is 3. The number of carbonyl (C=O) groups excluding carboxylic acids is 1. The van der Waals surface area contributed by atoms with E-state index in [1.54, 1.807) is 5.32 Å². The summed E-state index contributed by atoms with van der Waals surface area (Å²) in [6.07, 6.45) is -4.16. The van der Waals surface area contributed by atoms with Crippen molar-refractivity contribution in [2.24, 2.45) is 0 Å². The van der Waals surface area contributed by atoms with E-state index in [0.29, 0.717) is 0 Å². The van der Waals surface area contributed by atoms with E-state index in [0.717, 1.165) is 18.2 Å². The van der Waals surface area contributed by atoms with Crippen molar-refractivity contribution in [1.82, 2.24) is 0 Å². The van der Waals surface area contributed by atoms with Crippen molar-refractivity contribution in [3.63, 3.8) is 0 Å². The summed E-state index contributed by atoms with van der Waals surface area (Å²) in [6.45, 7) is 1.20. The summed E-state index contributed by atoms with van der Waals surface area (Å²) in [5.74, 6) is -7.08. The number of nitrogens with zero attached hydrogens (tertiary/aromatic N) is 1. The summed E-state index contributed by atoms with van der Waals surface area (Å²) in [6, 6.07) is 3.33. The normalized spacial score (nSPS) is 11.5. The molecule has 0 fully saturated rings. The lowest BCUT2D eigenvalue weighted by Gasteiger charge is -2.15. The molecule has 1 rings (SSSR count). The van der Waals surface area contributed by atoms with Crippen LogP contribution < -0.4 is 5.32 Å². The zero-order valence-corrected chi connectivity index (χ0v) is 9.49. The second-order valence-corrected chi connectivity index (χ2v) is 3.58. The minimum absolute atomic E-state index is 0.106. The number of halogens is 4. The lowest BCUT2D eigenvalue weighted by molar-refractivity contribution is -0.385. The van der Waals surface area contributed by atoms with Gasteiger partial charge in [0.05, 0.1) is 16.2 Å². The summed E-state index contributed by atoms with van der Waals surface area (Å²) in [5, 5.41) is 12.1. The molecule has 0 saturated heterocycles. The van der Waals surface area contributed by atoms with E-state index in [9.17, 15) is 32.5 Å². The monoisotopic (exact) mass is 280 g/mol. The van der Waals surface area contributed by atoms with Crippen molar-refractivity contribution in [2.45, 2.75) is 19.3 Å². The fourth-order valence-electron chi connectivity index (χ4n) is 1.26. The van der Waals surface area contributed by atoms with E-state index < -0.39 is 28.9 Å². The van der Waals surface area contributed by atoms with Crippen LogP contribution in [0.25, 0.3) is 0 Å². The smallest absolute Gasteiger partial charge is 0.320 e. The standard InChI is InChI=1S/C10H8F4N2O3/c1-5-6(3-2-4-7(5)16(18)19)15-9(17)10(13,14)8(11)12/h2-4,8H,1H3,(H,15,17). The Hall–Kier alpha value is -2.19. The van der Waals surface area contributed by atoms with Crippen molar-refractivity contribution in [3.05, 3.63) is 33.9 Å². The minimum Gasteiger partial charge on any atom is -0.320 e. The minimum atomic E-state index is -4.86. The number of nitro groups is 1. The highest BCUT2D eigenvalue weighted by atomic mass is 19.3. The molecule has 104 valence electrons. The van der Waals surface area contributed by atoms with Gasteiger partial charge in [0.15, 0.2) is 0 Å². The number of alkyl halides is 4. The summed E-state index contributed by atoms with van der Waals surface area (Å²) in [5.41, 5.74) is -0.844. The van der Waals surface area contributed by atoms with Gasteiger partial charge in [-0.25, -0.2) is 8.78 Å². The highest BCUT2D eigenvalue weighted by Crippen LogP contribution is 2.28. The summed E-state index contributed by atoms with van der Waals surface area (Å²) in [4.78, 5) is 20.8. The van der Waals surface area contributed by atoms with Gasteiger partial charge in [-0.15, -0.1) is 0 Å². The second-order valence-electron chi connectivity index (χ2n) is 3.58. The van der Waals surface area contributed by atoms with Crippen molar-refractivity contribution in [1.29, 1.82) is 0 Å². The Balaban J connectivity index is 3.05. The van der Waals surface area contributed by atoms with Gasteiger partial charge in [0.1, 0.15) is 0 Å². The van der Waals surface area contributed by atoms with Crippen molar-refractivity contribution >= 4 is 17.3 Å². The third-order valence-electron chi connectivity index (χ3n) is 2.33. The van der Waals surface area contributed by atoms with Crippen LogP contribution >= 0.6 is 0 Å². The number of amides is 1. The number of nitro benzene ring substituents is 1. The molecule has 9 heteroatoms. The Morgan fingerprint density at radius 3 is 2.47 bits per heavy atom. The maximum Gasteiger partial charge on any atom is 0.383 e. The maximum absolute atomic E-state index is 12.7. The molecular formula is C10H8F4N2O3. The Morgan fingerprint density at radius 2 is 2.00 bits per heavy atom. The molecule has 0 aliphatic rings. The van der Waals surface area contributed by atoms with Gasteiger partial charge < -0.3 is 5.32 Å². The van der Waals surface area contributed by atoms with Gasteiger partial charge in [-0.3, -0.25) is 14.9 Å². The Morgan fingerprint density at radius 1 is 1.42 bits per heavy atom. The fraction of sp³-hybridized carbons (Fsp3) is 0.300. The van der Waals surface area contributed by atoms with Gasteiger partial charge in [0.25, 0.3) is 5.69 Å². The molecule has 19 heavy (non-hydrogen) atoms. The van der Waals surface area contributed by atoms with Crippen molar-refractivity contribution in [3.8, 4) is 0 Å². The third kappa shape index (κ3) is 2.98. The summed E-state index contributed by atoms with van der Waals surface area (Å²) < 4.78 is 49.4. The second kappa shape index (κ2) is 5.21. The molecule has 0 bridgehead atoms. The molecule has 0 heterocycles. The molecule has 0 atom stereocenters. The molecule has 0 aliphatic carbocycles. The van der Waals surface area contributed by atoms with E-state index in [-0.39, 0.29) is 11.3 Å². The van der Waals surface area contributed by atoms with Crippen LogP contribution in [-0.2, 0) is 4.79 Å². The van der Waals surface area contributed by atoms with E-state index in [1.807, 2.05) is 0 Å². The Bertz CT molecular complexity index is 519. The fourth-order valence-corrected chi connectivity index (χ4v) is 1.26. The van der Waals surface area contributed by atoms with Gasteiger partial charge in [0.2, 0.25) is 0 Å². The van der Waals surface area contributed by atoms with Gasteiger partial charge in [-0.05, 0) is 13.0 Å². The van der Waals surface area contributed by atoms with E-state index in [1.165, 1.54) is 6.92 Å².